The molecule has 22 heavy (non-hydrogen) atoms. The molecule has 0 fully saturated rings. The molecule has 0 radical (unpaired) electrons. The fourth-order valence-electron chi connectivity index (χ4n) is 2.23. The van der Waals surface area contributed by atoms with Crippen LogP contribution in [0.5, 0.6) is 0 Å². The first-order valence-corrected chi connectivity index (χ1v) is 6.93. The van der Waals surface area contributed by atoms with Gasteiger partial charge in [0, 0.05) is 12.6 Å². The third-order valence-electron chi connectivity index (χ3n) is 3.44. The van der Waals surface area contributed by atoms with Crippen LogP contribution in [0.15, 0.2) is 48.5 Å². The van der Waals surface area contributed by atoms with Gasteiger partial charge in [0.1, 0.15) is 11.6 Å². The Morgan fingerprint density at radius 3 is 2.41 bits per heavy atom. The first kappa shape index (κ1) is 16.1. The fraction of sp³-hybridized carbons (Fsp3) is 0.235. The van der Waals surface area contributed by atoms with Crippen molar-refractivity contribution < 1.29 is 13.6 Å². The average molecular weight is 304 g/mol. The van der Waals surface area contributed by atoms with Crippen molar-refractivity contribution in [3.8, 4) is 0 Å². The molecule has 3 nitrogen and oxygen atoms in total. The van der Waals surface area contributed by atoms with Gasteiger partial charge < -0.3 is 10.2 Å². The molecular formula is C17H18F2N2O. The van der Waals surface area contributed by atoms with E-state index in [-0.39, 0.29) is 11.6 Å². The van der Waals surface area contributed by atoms with Crippen LogP contribution in [0.2, 0.25) is 0 Å². The van der Waals surface area contributed by atoms with Crippen LogP contribution < -0.4 is 5.32 Å². The summed E-state index contributed by atoms with van der Waals surface area (Å²) >= 11 is 0. The molecule has 0 aliphatic carbocycles. The quantitative estimate of drug-likeness (QED) is 0.921. The zero-order chi connectivity index (χ0) is 16.1. The molecule has 116 valence electrons. The van der Waals surface area contributed by atoms with Crippen LogP contribution in [0, 0.1) is 11.6 Å². The zero-order valence-electron chi connectivity index (χ0n) is 12.5. The Balaban J connectivity index is 2.08. The van der Waals surface area contributed by atoms with Crippen LogP contribution in [-0.4, -0.2) is 31.4 Å². The van der Waals surface area contributed by atoms with Gasteiger partial charge in [0.15, 0.2) is 0 Å². The Hall–Kier alpha value is -2.27. The second-order valence-corrected chi connectivity index (χ2v) is 5.22. The van der Waals surface area contributed by atoms with Gasteiger partial charge in [0.05, 0.1) is 11.6 Å². The first-order chi connectivity index (χ1) is 10.5. The number of halogens is 2. The van der Waals surface area contributed by atoms with Gasteiger partial charge in [-0.05, 0) is 31.8 Å². The zero-order valence-corrected chi connectivity index (χ0v) is 12.5. The van der Waals surface area contributed by atoms with Gasteiger partial charge in [0.2, 0.25) is 0 Å². The molecule has 0 saturated carbocycles. The summed E-state index contributed by atoms with van der Waals surface area (Å²) in [6.45, 7) is 0.326. The molecule has 2 aromatic rings. The third-order valence-corrected chi connectivity index (χ3v) is 3.44. The number of nitrogens with one attached hydrogen (secondary N) is 1. The highest BCUT2D eigenvalue weighted by atomic mass is 19.1. The summed E-state index contributed by atoms with van der Waals surface area (Å²) in [4.78, 5) is 14.0. The van der Waals surface area contributed by atoms with E-state index >= 15 is 0 Å². The highest BCUT2D eigenvalue weighted by molar-refractivity contribution is 5.94. The Bertz CT molecular complexity index is 644. The summed E-state index contributed by atoms with van der Waals surface area (Å²) in [6.07, 6.45) is 0. The van der Waals surface area contributed by atoms with Gasteiger partial charge >= 0.3 is 0 Å². The molecule has 2 aromatic carbocycles. The van der Waals surface area contributed by atoms with Crippen molar-refractivity contribution in [3.63, 3.8) is 0 Å². The summed E-state index contributed by atoms with van der Waals surface area (Å²) in [5.74, 6) is -2.12. The van der Waals surface area contributed by atoms with Crippen LogP contribution in [0.25, 0.3) is 0 Å². The number of carbonyl (C=O) groups excluding carboxylic acids is 1. The maximum atomic E-state index is 13.6. The standard InChI is InChI=1S/C17H18F2N2O/c1-21(2)16(12-6-4-3-5-7-12)11-20-17(22)14-9-8-13(18)10-15(14)19/h3-10,16H,11H2,1-2H3,(H,20,22). The topological polar surface area (TPSA) is 32.3 Å². The molecule has 0 heterocycles. The Morgan fingerprint density at radius 2 is 1.82 bits per heavy atom. The average Bonchev–Trinajstić information content (AvgIpc) is 2.48. The molecule has 1 unspecified atom stereocenters. The summed E-state index contributed by atoms with van der Waals surface area (Å²) < 4.78 is 26.5. The minimum Gasteiger partial charge on any atom is -0.350 e. The van der Waals surface area contributed by atoms with Crippen LogP contribution >= 0.6 is 0 Å². The Labute approximate surface area is 128 Å². The highest BCUT2D eigenvalue weighted by Gasteiger charge is 2.17. The number of carbonyl (C=O) groups is 1. The lowest BCUT2D eigenvalue weighted by Gasteiger charge is -2.25. The van der Waals surface area contributed by atoms with Gasteiger partial charge in [-0.25, -0.2) is 8.78 Å². The van der Waals surface area contributed by atoms with Gasteiger partial charge in [-0.2, -0.15) is 0 Å². The van der Waals surface area contributed by atoms with Crippen molar-refractivity contribution in [2.45, 2.75) is 6.04 Å². The van der Waals surface area contributed by atoms with E-state index < -0.39 is 17.5 Å². The summed E-state index contributed by atoms with van der Waals surface area (Å²) in [6, 6.07) is 12.6. The van der Waals surface area contributed by atoms with E-state index in [1.54, 1.807) is 0 Å². The number of benzene rings is 2. The molecule has 0 spiro atoms. The molecule has 5 heteroatoms. The maximum Gasteiger partial charge on any atom is 0.254 e. The molecule has 1 amide bonds. The largest absolute Gasteiger partial charge is 0.350 e. The van der Waals surface area contributed by atoms with E-state index in [1.807, 2.05) is 49.3 Å². The number of rotatable bonds is 5. The molecule has 0 aromatic heterocycles. The predicted molar refractivity (Wildman–Crippen MR) is 81.6 cm³/mol. The molecule has 0 aliphatic heterocycles. The Morgan fingerprint density at radius 1 is 1.14 bits per heavy atom. The van der Waals surface area contributed by atoms with Crippen molar-refractivity contribution in [1.29, 1.82) is 0 Å². The second kappa shape index (κ2) is 7.13. The van der Waals surface area contributed by atoms with E-state index in [0.717, 1.165) is 17.7 Å². The van der Waals surface area contributed by atoms with E-state index in [1.165, 1.54) is 0 Å². The van der Waals surface area contributed by atoms with E-state index in [4.69, 9.17) is 0 Å². The molecular weight excluding hydrogens is 286 g/mol. The van der Waals surface area contributed by atoms with Crippen molar-refractivity contribution in [2.24, 2.45) is 0 Å². The fourth-order valence-corrected chi connectivity index (χ4v) is 2.23. The molecule has 0 saturated heterocycles. The number of amides is 1. The summed E-state index contributed by atoms with van der Waals surface area (Å²) in [5.41, 5.74) is 0.888. The summed E-state index contributed by atoms with van der Waals surface area (Å²) in [7, 11) is 3.81. The molecule has 2 rings (SSSR count). The monoisotopic (exact) mass is 304 g/mol. The summed E-state index contributed by atoms with van der Waals surface area (Å²) in [5, 5.41) is 2.70. The van der Waals surface area contributed by atoms with E-state index in [2.05, 4.69) is 5.32 Å². The number of hydrogen-bond acceptors (Lipinski definition) is 2. The maximum absolute atomic E-state index is 13.6. The van der Waals surface area contributed by atoms with Crippen LogP contribution in [0.4, 0.5) is 8.78 Å². The predicted octanol–water partition coefficient (Wildman–Crippen LogP) is 3.00. The van der Waals surface area contributed by atoms with Crippen molar-refractivity contribution in [3.05, 3.63) is 71.3 Å². The third kappa shape index (κ3) is 3.89. The lowest BCUT2D eigenvalue weighted by Crippen LogP contribution is -2.34. The second-order valence-electron chi connectivity index (χ2n) is 5.22. The van der Waals surface area contributed by atoms with E-state index in [0.29, 0.717) is 12.6 Å². The van der Waals surface area contributed by atoms with Crippen molar-refractivity contribution in [1.82, 2.24) is 10.2 Å². The smallest absolute Gasteiger partial charge is 0.254 e. The Kier molecular flexibility index (Phi) is 5.22. The first-order valence-electron chi connectivity index (χ1n) is 6.93. The highest BCUT2D eigenvalue weighted by Crippen LogP contribution is 2.17. The van der Waals surface area contributed by atoms with Crippen LogP contribution in [0.1, 0.15) is 22.0 Å². The van der Waals surface area contributed by atoms with Crippen molar-refractivity contribution >= 4 is 5.91 Å². The molecule has 0 aliphatic rings. The van der Waals surface area contributed by atoms with Crippen LogP contribution in [-0.2, 0) is 0 Å². The normalized spacial score (nSPS) is 12.2. The SMILES string of the molecule is CN(C)C(CNC(=O)c1ccc(F)cc1F)c1ccccc1. The number of hydrogen-bond donors (Lipinski definition) is 1. The number of likely N-dealkylation sites (N-methyl/N-ethyl adjacent to an activating group) is 1. The minimum atomic E-state index is -0.862. The molecule has 1 N–H and O–H groups in total. The van der Waals surface area contributed by atoms with Gasteiger partial charge in [-0.15, -0.1) is 0 Å². The van der Waals surface area contributed by atoms with Crippen LogP contribution in [0.3, 0.4) is 0 Å². The van der Waals surface area contributed by atoms with Crippen molar-refractivity contribution in [2.75, 3.05) is 20.6 Å². The lowest BCUT2D eigenvalue weighted by atomic mass is 10.1. The lowest BCUT2D eigenvalue weighted by molar-refractivity contribution is 0.0938. The van der Waals surface area contributed by atoms with E-state index in [9.17, 15) is 13.6 Å². The van der Waals surface area contributed by atoms with Gasteiger partial charge in [-0.1, -0.05) is 30.3 Å². The van der Waals surface area contributed by atoms with Gasteiger partial charge in [-0.3, -0.25) is 4.79 Å². The van der Waals surface area contributed by atoms with Gasteiger partial charge in [0.25, 0.3) is 5.91 Å². The number of nitrogens with zero attached hydrogens (tertiary/aromatic N) is 1. The molecule has 0 bridgehead atoms. The minimum absolute atomic E-state index is 0.0336. The molecule has 1 atom stereocenters.